The zero-order chi connectivity index (χ0) is 10.6. The fraction of sp³-hybridized carbons (Fsp3) is 0.727. The van der Waals surface area contributed by atoms with Crippen molar-refractivity contribution in [3.05, 3.63) is 18.4 Å². The van der Waals surface area contributed by atoms with Crippen molar-refractivity contribution in [2.45, 2.75) is 31.7 Å². The molecule has 3 nitrogen and oxygen atoms in total. The van der Waals surface area contributed by atoms with Crippen molar-refractivity contribution in [3.8, 4) is 0 Å². The first-order valence-corrected chi connectivity index (χ1v) is 5.32. The van der Waals surface area contributed by atoms with E-state index >= 15 is 0 Å². The predicted molar refractivity (Wildman–Crippen MR) is 62.1 cm³/mol. The first-order valence-electron chi connectivity index (χ1n) is 5.32. The molecular weight excluding hydrogens is 174 g/mol. The largest absolute Gasteiger partial charge is 0.330 e. The van der Waals surface area contributed by atoms with Crippen LogP contribution in [0.15, 0.2) is 18.4 Å². The Bertz CT molecular complexity index is 162. The third kappa shape index (κ3) is 9.49. The first kappa shape index (κ1) is 13.4. The Morgan fingerprint density at radius 3 is 2.71 bits per heavy atom. The molecule has 5 N–H and O–H groups in total. The highest BCUT2D eigenvalue weighted by molar-refractivity contribution is 4.80. The van der Waals surface area contributed by atoms with Crippen molar-refractivity contribution in [3.63, 3.8) is 0 Å². The quantitative estimate of drug-likeness (QED) is 0.378. The summed E-state index contributed by atoms with van der Waals surface area (Å²) in [7, 11) is 0. The molecule has 0 saturated carbocycles. The van der Waals surface area contributed by atoms with Crippen LogP contribution in [0.3, 0.4) is 0 Å². The average Bonchev–Trinajstić information content (AvgIpc) is 2.20. The van der Waals surface area contributed by atoms with Gasteiger partial charge in [-0.25, -0.2) is 0 Å². The fourth-order valence-electron chi connectivity index (χ4n) is 1.19. The summed E-state index contributed by atoms with van der Waals surface area (Å²) >= 11 is 0. The Morgan fingerprint density at radius 1 is 1.36 bits per heavy atom. The minimum atomic E-state index is 0.251. The summed E-state index contributed by atoms with van der Waals surface area (Å²) < 4.78 is 0. The van der Waals surface area contributed by atoms with Gasteiger partial charge < -0.3 is 16.8 Å². The van der Waals surface area contributed by atoms with Gasteiger partial charge in [0.2, 0.25) is 0 Å². The third-order valence-corrected chi connectivity index (χ3v) is 2.05. The second-order valence-electron chi connectivity index (χ2n) is 3.44. The van der Waals surface area contributed by atoms with Gasteiger partial charge in [0.1, 0.15) is 0 Å². The average molecular weight is 197 g/mol. The Hall–Kier alpha value is -0.600. The van der Waals surface area contributed by atoms with Crippen LogP contribution in [0.4, 0.5) is 0 Å². The lowest BCUT2D eigenvalue weighted by atomic mass is 10.1. The van der Waals surface area contributed by atoms with E-state index in [4.69, 9.17) is 11.5 Å². The van der Waals surface area contributed by atoms with E-state index in [1.54, 1.807) is 0 Å². The van der Waals surface area contributed by atoms with Crippen LogP contribution in [-0.2, 0) is 0 Å². The van der Waals surface area contributed by atoms with E-state index in [2.05, 4.69) is 17.6 Å². The SMILES string of the molecule is C=C=CCC(N)CCCNCCCN. The second kappa shape index (κ2) is 10.5. The highest BCUT2D eigenvalue weighted by Gasteiger charge is 1.98. The van der Waals surface area contributed by atoms with Crippen LogP contribution >= 0.6 is 0 Å². The molecule has 0 aliphatic rings. The molecule has 3 heteroatoms. The molecule has 82 valence electrons. The lowest BCUT2D eigenvalue weighted by Crippen LogP contribution is -2.23. The predicted octanol–water partition coefficient (Wildman–Crippen LogP) is 0.764. The number of nitrogens with one attached hydrogen (secondary N) is 1. The van der Waals surface area contributed by atoms with E-state index < -0.39 is 0 Å². The van der Waals surface area contributed by atoms with Crippen molar-refractivity contribution < 1.29 is 0 Å². The number of hydrogen-bond acceptors (Lipinski definition) is 3. The lowest BCUT2D eigenvalue weighted by molar-refractivity contribution is 0.549. The monoisotopic (exact) mass is 197 g/mol. The Balaban J connectivity index is 3.14. The molecule has 0 radical (unpaired) electrons. The lowest BCUT2D eigenvalue weighted by Gasteiger charge is -2.08. The van der Waals surface area contributed by atoms with Gasteiger partial charge >= 0.3 is 0 Å². The Labute approximate surface area is 87.2 Å². The molecular formula is C11H23N3. The van der Waals surface area contributed by atoms with Crippen molar-refractivity contribution in [1.82, 2.24) is 5.32 Å². The molecule has 0 aromatic rings. The summed E-state index contributed by atoms with van der Waals surface area (Å²) in [6.07, 6.45) is 5.99. The minimum Gasteiger partial charge on any atom is -0.330 e. The smallest absolute Gasteiger partial charge is 0.00799 e. The van der Waals surface area contributed by atoms with Crippen molar-refractivity contribution in [1.29, 1.82) is 0 Å². The van der Waals surface area contributed by atoms with Crippen LogP contribution in [0, 0.1) is 0 Å². The summed E-state index contributed by atoms with van der Waals surface area (Å²) in [5.74, 6) is 0. The molecule has 0 fully saturated rings. The number of nitrogens with two attached hydrogens (primary N) is 2. The van der Waals surface area contributed by atoms with Crippen molar-refractivity contribution >= 4 is 0 Å². The zero-order valence-corrected chi connectivity index (χ0v) is 8.97. The van der Waals surface area contributed by atoms with Gasteiger partial charge in [-0.05, 0) is 51.4 Å². The van der Waals surface area contributed by atoms with Crippen LogP contribution in [0.5, 0.6) is 0 Å². The summed E-state index contributed by atoms with van der Waals surface area (Å²) in [5, 5.41) is 3.32. The fourth-order valence-corrected chi connectivity index (χ4v) is 1.19. The molecule has 0 saturated heterocycles. The molecule has 0 bridgehead atoms. The maximum atomic E-state index is 5.85. The van der Waals surface area contributed by atoms with E-state index in [-0.39, 0.29) is 6.04 Å². The van der Waals surface area contributed by atoms with Gasteiger partial charge in [-0.2, -0.15) is 0 Å². The minimum absolute atomic E-state index is 0.251. The van der Waals surface area contributed by atoms with Crippen molar-refractivity contribution in [2.24, 2.45) is 11.5 Å². The number of hydrogen-bond donors (Lipinski definition) is 3. The highest BCUT2D eigenvalue weighted by atomic mass is 14.8. The summed E-state index contributed by atoms with van der Waals surface area (Å²) in [6, 6.07) is 0.251. The van der Waals surface area contributed by atoms with E-state index in [1.807, 2.05) is 6.08 Å². The van der Waals surface area contributed by atoms with Crippen LogP contribution in [0.1, 0.15) is 25.7 Å². The number of rotatable bonds is 9. The van der Waals surface area contributed by atoms with Gasteiger partial charge in [-0.3, -0.25) is 0 Å². The van der Waals surface area contributed by atoms with Gasteiger partial charge in [-0.1, -0.05) is 6.58 Å². The molecule has 14 heavy (non-hydrogen) atoms. The first-order chi connectivity index (χ1) is 6.81. The second-order valence-corrected chi connectivity index (χ2v) is 3.44. The summed E-state index contributed by atoms with van der Waals surface area (Å²) in [4.78, 5) is 0. The van der Waals surface area contributed by atoms with Gasteiger partial charge in [0.25, 0.3) is 0 Å². The molecule has 0 spiro atoms. The molecule has 0 aromatic carbocycles. The molecule has 0 amide bonds. The summed E-state index contributed by atoms with van der Waals surface area (Å²) in [5.41, 5.74) is 14.0. The van der Waals surface area contributed by atoms with E-state index in [0.29, 0.717) is 0 Å². The molecule has 1 unspecified atom stereocenters. The van der Waals surface area contributed by atoms with Crippen LogP contribution < -0.4 is 16.8 Å². The topological polar surface area (TPSA) is 64.1 Å². The van der Waals surface area contributed by atoms with Gasteiger partial charge in [0.05, 0.1) is 0 Å². The Morgan fingerprint density at radius 2 is 2.07 bits per heavy atom. The molecule has 1 atom stereocenters. The van der Waals surface area contributed by atoms with E-state index in [0.717, 1.165) is 45.3 Å². The Kier molecular flexibility index (Phi) is 10.0. The maximum absolute atomic E-state index is 5.85. The van der Waals surface area contributed by atoms with E-state index in [9.17, 15) is 0 Å². The zero-order valence-electron chi connectivity index (χ0n) is 8.97. The van der Waals surface area contributed by atoms with Gasteiger partial charge in [-0.15, -0.1) is 5.73 Å². The highest BCUT2D eigenvalue weighted by Crippen LogP contribution is 1.98. The normalized spacial score (nSPS) is 12.1. The van der Waals surface area contributed by atoms with Gasteiger partial charge in [0.15, 0.2) is 0 Å². The third-order valence-electron chi connectivity index (χ3n) is 2.05. The maximum Gasteiger partial charge on any atom is 0.00799 e. The molecule has 0 heterocycles. The van der Waals surface area contributed by atoms with E-state index in [1.165, 1.54) is 0 Å². The molecule has 0 rings (SSSR count). The van der Waals surface area contributed by atoms with Gasteiger partial charge in [0, 0.05) is 6.04 Å². The molecule has 0 aromatic heterocycles. The van der Waals surface area contributed by atoms with Crippen LogP contribution in [0.2, 0.25) is 0 Å². The molecule has 0 aliphatic carbocycles. The molecule has 0 aliphatic heterocycles. The summed E-state index contributed by atoms with van der Waals surface area (Å²) in [6.45, 7) is 6.31. The van der Waals surface area contributed by atoms with Crippen molar-refractivity contribution in [2.75, 3.05) is 19.6 Å². The standard InChI is InChI=1S/C11H23N3/c1-2-3-6-11(13)7-4-9-14-10-5-8-12/h3,11,14H,1,4-10,12-13H2. The van der Waals surface area contributed by atoms with Crippen LogP contribution in [0.25, 0.3) is 0 Å². The van der Waals surface area contributed by atoms with Crippen LogP contribution in [-0.4, -0.2) is 25.7 Å².